The van der Waals surface area contributed by atoms with Gasteiger partial charge in [0.2, 0.25) is 5.91 Å². The van der Waals surface area contributed by atoms with Crippen LogP contribution in [0.2, 0.25) is 0 Å². The van der Waals surface area contributed by atoms with Gasteiger partial charge in [0.25, 0.3) is 0 Å². The predicted molar refractivity (Wildman–Crippen MR) is 71.3 cm³/mol. The summed E-state index contributed by atoms with van der Waals surface area (Å²) in [5.74, 6) is -0.212. The van der Waals surface area contributed by atoms with Crippen LogP contribution in [0.4, 0.5) is 4.79 Å². The Morgan fingerprint density at radius 2 is 1.61 bits per heavy atom. The van der Waals surface area contributed by atoms with Crippen molar-refractivity contribution in [3.8, 4) is 0 Å². The monoisotopic (exact) mass is 258 g/mol. The van der Waals surface area contributed by atoms with Crippen LogP contribution in [-0.4, -0.2) is 30.7 Å². The maximum absolute atomic E-state index is 11.7. The minimum absolute atomic E-state index is 0.0633. The van der Waals surface area contributed by atoms with Gasteiger partial charge in [-0.2, -0.15) is 0 Å². The van der Waals surface area contributed by atoms with E-state index in [2.05, 4.69) is 10.6 Å². The van der Waals surface area contributed by atoms with Gasteiger partial charge in [0, 0.05) is 7.05 Å². The molecule has 5 heteroatoms. The molecule has 0 aliphatic heterocycles. The first-order valence-electron chi connectivity index (χ1n) is 6.16. The Labute approximate surface area is 110 Å². The minimum Gasteiger partial charge on any atom is -0.444 e. The molecule has 1 atom stereocenters. The molecule has 0 radical (unpaired) electrons. The standard InChI is InChI=1S/C13H26N2O3/c1-12(2,3)8-9(10(16)14-7)15-11(17)18-13(4,5)6/h9H,8H2,1-7H3,(H,14,16)(H,15,17)/t9-/m0/s1. The zero-order valence-corrected chi connectivity index (χ0v) is 12.5. The first-order chi connectivity index (χ1) is 7.94. The van der Waals surface area contributed by atoms with Crippen molar-refractivity contribution >= 4 is 12.0 Å². The van der Waals surface area contributed by atoms with Gasteiger partial charge in [-0.1, -0.05) is 20.8 Å². The number of hydrogen-bond acceptors (Lipinski definition) is 3. The molecule has 0 rings (SSSR count). The van der Waals surface area contributed by atoms with Crippen LogP contribution in [0.15, 0.2) is 0 Å². The van der Waals surface area contributed by atoms with E-state index in [1.165, 1.54) is 0 Å². The molecule has 0 aliphatic carbocycles. The second-order valence-electron chi connectivity index (χ2n) is 6.58. The third-order valence-electron chi connectivity index (χ3n) is 2.07. The first-order valence-corrected chi connectivity index (χ1v) is 6.16. The van der Waals surface area contributed by atoms with E-state index in [0.717, 1.165) is 0 Å². The number of carbonyl (C=O) groups excluding carboxylic acids is 2. The third-order valence-corrected chi connectivity index (χ3v) is 2.07. The molecule has 0 fully saturated rings. The molecule has 0 bridgehead atoms. The van der Waals surface area contributed by atoms with Crippen molar-refractivity contribution in [1.82, 2.24) is 10.6 Å². The second kappa shape index (κ2) is 6.07. The normalized spacial score (nSPS) is 13.7. The highest BCUT2D eigenvalue weighted by atomic mass is 16.6. The third kappa shape index (κ3) is 7.92. The summed E-state index contributed by atoms with van der Waals surface area (Å²) in [6.07, 6.45) is -0.0216. The smallest absolute Gasteiger partial charge is 0.408 e. The van der Waals surface area contributed by atoms with E-state index in [1.54, 1.807) is 27.8 Å². The number of likely N-dealkylation sites (N-methyl/N-ethyl adjacent to an activating group) is 1. The summed E-state index contributed by atoms with van der Waals surface area (Å²) < 4.78 is 5.15. The Balaban J connectivity index is 4.61. The van der Waals surface area contributed by atoms with Crippen LogP contribution in [0.5, 0.6) is 0 Å². The number of nitrogens with one attached hydrogen (secondary N) is 2. The van der Waals surface area contributed by atoms with Crippen LogP contribution in [0.3, 0.4) is 0 Å². The zero-order valence-electron chi connectivity index (χ0n) is 12.5. The number of ether oxygens (including phenoxy) is 1. The Kier molecular flexibility index (Phi) is 5.64. The highest BCUT2D eigenvalue weighted by molar-refractivity contribution is 5.85. The molecular weight excluding hydrogens is 232 g/mol. The summed E-state index contributed by atoms with van der Waals surface area (Å²) in [6, 6.07) is -0.579. The van der Waals surface area contributed by atoms with E-state index in [9.17, 15) is 9.59 Å². The lowest BCUT2D eigenvalue weighted by Gasteiger charge is -2.27. The molecule has 5 nitrogen and oxygen atoms in total. The SMILES string of the molecule is CNC(=O)[C@H](CC(C)(C)C)NC(=O)OC(C)(C)C. The molecule has 0 aromatic rings. The molecular formula is C13H26N2O3. The van der Waals surface area contributed by atoms with Gasteiger partial charge >= 0.3 is 6.09 Å². The fraction of sp³-hybridized carbons (Fsp3) is 0.846. The summed E-state index contributed by atoms with van der Waals surface area (Å²) in [5.41, 5.74) is -0.634. The molecule has 2 N–H and O–H groups in total. The molecule has 0 spiro atoms. The predicted octanol–water partition coefficient (Wildman–Crippen LogP) is 2.06. The van der Waals surface area contributed by atoms with Crippen molar-refractivity contribution in [1.29, 1.82) is 0 Å². The van der Waals surface area contributed by atoms with Gasteiger partial charge in [-0.05, 0) is 32.6 Å². The molecule has 2 amide bonds. The summed E-state index contributed by atoms with van der Waals surface area (Å²) in [5, 5.41) is 5.15. The number of hydrogen-bond donors (Lipinski definition) is 2. The van der Waals surface area contributed by atoms with E-state index in [1.807, 2.05) is 20.8 Å². The number of alkyl carbamates (subject to hydrolysis) is 1. The van der Waals surface area contributed by atoms with Crippen molar-refractivity contribution in [2.75, 3.05) is 7.05 Å². The van der Waals surface area contributed by atoms with Gasteiger partial charge in [0.1, 0.15) is 11.6 Å². The first kappa shape index (κ1) is 16.7. The Morgan fingerprint density at radius 3 is 1.94 bits per heavy atom. The van der Waals surface area contributed by atoms with E-state index in [-0.39, 0.29) is 11.3 Å². The minimum atomic E-state index is -0.579. The summed E-state index contributed by atoms with van der Waals surface area (Å²) >= 11 is 0. The molecule has 0 unspecified atom stereocenters. The van der Waals surface area contributed by atoms with E-state index >= 15 is 0 Å². The van der Waals surface area contributed by atoms with Crippen molar-refractivity contribution in [2.45, 2.75) is 59.6 Å². The van der Waals surface area contributed by atoms with Crippen molar-refractivity contribution in [2.24, 2.45) is 5.41 Å². The maximum Gasteiger partial charge on any atom is 0.408 e. The van der Waals surface area contributed by atoms with Gasteiger partial charge in [0.15, 0.2) is 0 Å². The van der Waals surface area contributed by atoms with Gasteiger partial charge in [-0.15, -0.1) is 0 Å². The van der Waals surface area contributed by atoms with Crippen LogP contribution < -0.4 is 10.6 Å². The number of rotatable bonds is 3. The quantitative estimate of drug-likeness (QED) is 0.814. The Bertz CT molecular complexity index is 300. The molecule has 18 heavy (non-hydrogen) atoms. The molecule has 0 heterocycles. The maximum atomic E-state index is 11.7. The van der Waals surface area contributed by atoms with Gasteiger partial charge in [0.05, 0.1) is 0 Å². The van der Waals surface area contributed by atoms with E-state index in [0.29, 0.717) is 6.42 Å². The molecule has 0 saturated carbocycles. The van der Waals surface area contributed by atoms with Crippen molar-refractivity contribution in [3.05, 3.63) is 0 Å². The fourth-order valence-electron chi connectivity index (χ4n) is 1.45. The van der Waals surface area contributed by atoms with Crippen molar-refractivity contribution < 1.29 is 14.3 Å². The fourth-order valence-corrected chi connectivity index (χ4v) is 1.45. The van der Waals surface area contributed by atoms with Gasteiger partial charge < -0.3 is 15.4 Å². The lowest BCUT2D eigenvalue weighted by Crippen LogP contribution is -2.48. The van der Waals surface area contributed by atoms with E-state index in [4.69, 9.17) is 4.74 Å². The summed E-state index contributed by atoms with van der Waals surface area (Å²) in [7, 11) is 1.55. The summed E-state index contributed by atoms with van der Waals surface area (Å²) in [6.45, 7) is 11.4. The van der Waals surface area contributed by atoms with Crippen molar-refractivity contribution in [3.63, 3.8) is 0 Å². The van der Waals surface area contributed by atoms with Gasteiger partial charge in [-0.3, -0.25) is 4.79 Å². The largest absolute Gasteiger partial charge is 0.444 e. The zero-order chi connectivity index (χ0) is 14.6. The van der Waals surface area contributed by atoms with Crippen LogP contribution in [0.1, 0.15) is 48.0 Å². The topological polar surface area (TPSA) is 67.4 Å². The van der Waals surface area contributed by atoms with Crippen LogP contribution in [0.25, 0.3) is 0 Å². The van der Waals surface area contributed by atoms with Crippen LogP contribution >= 0.6 is 0 Å². The second-order valence-corrected chi connectivity index (χ2v) is 6.58. The molecule has 106 valence electrons. The average molecular weight is 258 g/mol. The highest BCUT2D eigenvalue weighted by Crippen LogP contribution is 2.21. The number of carbonyl (C=O) groups is 2. The summed E-state index contributed by atoms with van der Waals surface area (Å²) in [4.78, 5) is 23.4. The highest BCUT2D eigenvalue weighted by Gasteiger charge is 2.27. The molecule has 0 saturated heterocycles. The molecule has 0 aromatic carbocycles. The molecule has 0 aliphatic rings. The average Bonchev–Trinajstić information content (AvgIpc) is 2.10. The Hall–Kier alpha value is -1.26. The van der Waals surface area contributed by atoms with Crippen LogP contribution in [0, 0.1) is 5.41 Å². The lowest BCUT2D eigenvalue weighted by atomic mass is 9.88. The molecule has 0 aromatic heterocycles. The number of amides is 2. The Morgan fingerprint density at radius 1 is 1.11 bits per heavy atom. The van der Waals surface area contributed by atoms with Gasteiger partial charge in [-0.25, -0.2) is 4.79 Å². The van der Waals surface area contributed by atoms with E-state index < -0.39 is 17.7 Å². The van der Waals surface area contributed by atoms with Crippen LogP contribution in [-0.2, 0) is 9.53 Å². The lowest BCUT2D eigenvalue weighted by molar-refractivity contribution is -0.123.